The molecule has 4 heteroatoms. The van der Waals surface area contributed by atoms with E-state index in [1.807, 2.05) is 0 Å². The van der Waals surface area contributed by atoms with E-state index >= 15 is 0 Å². The molecule has 4 nitrogen and oxygen atoms in total. The summed E-state index contributed by atoms with van der Waals surface area (Å²) < 4.78 is 10.6. The molecule has 0 bridgehead atoms. The third-order valence-corrected chi connectivity index (χ3v) is 3.84. The van der Waals surface area contributed by atoms with E-state index < -0.39 is 0 Å². The fraction of sp³-hybridized carbons (Fsp3) is 1.00. The van der Waals surface area contributed by atoms with Gasteiger partial charge in [-0.25, -0.2) is 0 Å². The summed E-state index contributed by atoms with van der Waals surface area (Å²) in [5, 5.41) is 3.44. The van der Waals surface area contributed by atoms with Gasteiger partial charge in [0.05, 0.1) is 13.2 Å². The number of hydrogen-bond acceptors (Lipinski definition) is 4. The maximum absolute atomic E-state index is 5.39. The molecule has 2 atom stereocenters. The van der Waals surface area contributed by atoms with Crippen LogP contribution in [0.1, 0.15) is 26.7 Å². The van der Waals surface area contributed by atoms with Gasteiger partial charge in [-0.1, -0.05) is 6.92 Å². The van der Waals surface area contributed by atoms with Crippen LogP contribution in [0.5, 0.6) is 0 Å². The SMILES string of the molecule is CCNCC(COC)N(CCOC)C(C)C1CC1. The Morgan fingerprint density at radius 3 is 2.50 bits per heavy atom. The van der Waals surface area contributed by atoms with Gasteiger partial charge in [-0.05, 0) is 32.2 Å². The first-order valence-electron chi connectivity index (χ1n) is 7.18. The lowest BCUT2D eigenvalue weighted by molar-refractivity contribution is 0.0381. The summed E-state index contributed by atoms with van der Waals surface area (Å²) >= 11 is 0. The summed E-state index contributed by atoms with van der Waals surface area (Å²) in [4.78, 5) is 2.56. The van der Waals surface area contributed by atoms with Crippen LogP contribution in [0.25, 0.3) is 0 Å². The third kappa shape index (κ3) is 5.22. The summed E-state index contributed by atoms with van der Waals surface area (Å²) in [5.41, 5.74) is 0. The quantitative estimate of drug-likeness (QED) is 0.607. The monoisotopic (exact) mass is 258 g/mol. The second-order valence-electron chi connectivity index (χ2n) is 5.23. The van der Waals surface area contributed by atoms with Crippen LogP contribution in [0, 0.1) is 5.92 Å². The highest BCUT2D eigenvalue weighted by Crippen LogP contribution is 2.35. The molecule has 108 valence electrons. The second kappa shape index (κ2) is 8.86. The van der Waals surface area contributed by atoms with Gasteiger partial charge in [0.25, 0.3) is 0 Å². The molecule has 1 fully saturated rings. The van der Waals surface area contributed by atoms with Crippen molar-refractivity contribution in [2.45, 2.75) is 38.8 Å². The van der Waals surface area contributed by atoms with Gasteiger partial charge in [-0.2, -0.15) is 0 Å². The van der Waals surface area contributed by atoms with Crippen molar-refractivity contribution in [3.05, 3.63) is 0 Å². The third-order valence-electron chi connectivity index (χ3n) is 3.84. The van der Waals surface area contributed by atoms with E-state index in [1.54, 1.807) is 14.2 Å². The van der Waals surface area contributed by atoms with Crippen molar-refractivity contribution in [1.29, 1.82) is 0 Å². The zero-order valence-electron chi connectivity index (χ0n) is 12.4. The molecule has 0 aliphatic heterocycles. The molecule has 0 radical (unpaired) electrons. The van der Waals surface area contributed by atoms with Gasteiger partial charge < -0.3 is 14.8 Å². The number of methoxy groups -OCH3 is 2. The summed E-state index contributed by atoms with van der Waals surface area (Å²) in [6.07, 6.45) is 2.76. The molecule has 18 heavy (non-hydrogen) atoms. The topological polar surface area (TPSA) is 33.7 Å². The largest absolute Gasteiger partial charge is 0.383 e. The number of likely N-dealkylation sites (N-methyl/N-ethyl adjacent to an activating group) is 1. The maximum Gasteiger partial charge on any atom is 0.0630 e. The van der Waals surface area contributed by atoms with E-state index in [-0.39, 0.29) is 0 Å². The number of nitrogens with one attached hydrogen (secondary N) is 1. The first-order chi connectivity index (χ1) is 8.74. The molecule has 1 saturated carbocycles. The summed E-state index contributed by atoms with van der Waals surface area (Å²) in [5.74, 6) is 0.878. The smallest absolute Gasteiger partial charge is 0.0630 e. The summed E-state index contributed by atoms with van der Waals surface area (Å²) in [6, 6.07) is 1.08. The van der Waals surface area contributed by atoms with Gasteiger partial charge in [0.1, 0.15) is 0 Å². The van der Waals surface area contributed by atoms with Gasteiger partial charge in [0, 0.05) is 39.4 Å². The lowest BCUT2D eigenvalue weighted by Crippen LogP contribution is -2.51. The Bertz CT molecular complexity index is 210. The average molecular weight is 258 g/mol. The number of ether oxygens (including phenoxy) is 2. The normalized spacial score (nSPS) is 19.2. The molecule has 2 unspecified atom stereocenters. The fourth-order valence-corrected chi connectivity index (χ4v) is 2.54. The summed E-state index contributed by atoms with van der Waals surface area (Å²) in [6.45, 7) is 9.07. The molecule has 0 amide bonds. The molecule has 0 saturated heterocycles. The lowest BCUT2D eigenvalue weighted by Gasteiger charge is -2.36. The zero-order chi connectivity index (χ0) is 13.4. The predicted octanol–water partition coefficient (Wildman–Crippen LogP) is 1.36. The molecule has 0 aromatic heterocycles. The van der Waals surface area contributed by atoms with Crippen molar-refractivity contribution in [1.82, 2.24) is 10.2 Å². The van der Waals surface area contributed by atoms with Crippen LogP contribution in [0.3, 0.4) is 0 Å². The standard InChI is InChI=1S/C14H30N2O2/c1-5-15-10-14(11-18-4)16(8-9-17-3)12(2)13-6-7-13/h12-15H,5-11H2,1-4H3. The van der Waals surface area contributed by atoms with Crippen LogP contribution < -0.4 is 5.32 Å². The molecular formula is C14H30N2O2. The van der Waals surface area contributed by atoms with E-state index in [4.69, 9.17) is 9.47 Å². The minimum atomic E-state index is 0.445. The Morgan fingerprint density at radius 2 is 2.00 bits per heavy atom. The van der Waals surface area contributed by atoms with Gasteiger partial charge in [-0.3, -0.25) is 4.90 Å². The molecule has 0 spiro atoms. The lowest BCUT2D eigenvalue weighted by atomic mass is 10.1. The van der Waals surface area contributed by atoms with Crippen LogP contribution in [-0.2, 0) is 9.47 Å². The van der Waals surface area contributed by atoms with Gasteiger partial charge in [0.15, 0.2) is 0 Å². The Labute approximate surface area is 112 Å². The molecule has 0 aromatic carbocycles. The number of nitrogens with zero attached hydrogens (tertiary/aromatic N) is 1. The van der Waals surface area contributed by atoms with Crippen LogP contribution in [0.4, 0.5) is 0 Å². The van der Waals surface area contributed by atoms with Crippen molar-refractivity contribution in [2.75, 3.05) is 47.1 Å². The Morgan fingerprint density at radius 1 is 1.28 bits per heavy atom. The minimum Gasteiger partial charge on any atom is -0.383 e. The molecule has 0 aromatic rings. The Kier molecular flexibility index (Phi) is 7.82. The van der Waals surface area contributed by atoms with Crippen molar-refractivity contribution in [3.8, 4) is 0 Å². The van der Waals surface area contributed by atoms with Gasteiger partial charge >= 0.3 is 0 Å². The van der Waals surface area contributed by atoms with Gasteiger partial charge in [0.2, 0.25) is 0 Å². The number of hydrogen-bond donors (Lipinski definition) is 1. The van der Waals surface area contributed by atoms with E-state index in [9.17, 15) is 0 Å². The zero-order valence-corrected chi connectivity index (χ0v) is 12.4. The highest BCUT2D eigenvalue weighted by atomic mass is 16.5. The van der Waals surface area contributed by atoms with Crippen molar-refractivity contribution in [3.63, 3.8) is 0 Å². The van der Waals surface area contributed by atoms with Crippen molar-refractivity contribution >= 4 is 0 Å². The molecule has 1 aliphatic rings. The first kappa shape index (κ1) is 15.9. The van der Waals surface area contributed by atoms with Crippen LogP contribution >= 0.6 is 0 Å². The van der Waals surface area contributed by atoms with E-state index in [0.29, 0.717) is 12.1 Å². The van der Waals surface area contributed by atoms with Crippen LogP contribution in [0.15, 0.2) is 0 Å². The predicted molar refractivity (Wildman–Crippen MR) is 75.0 cm³/mol. The Hall–Kier alpha value is -0.160. The highest BCUT2D eigenvalue weighted by molar-refractivity contribution is 4.89. The molecule has 0 heterocycles. The van der Waals surface area contributed by atoms with Crippen molar-refractivity contribution < 1.29 is 9.47 Å². The summed E-state index contributed by atoms with van der Waals surface area (Å²) in [7, 11) is 3.56. The van der Waals surface area contributed by atoms with Crippen molar-refractivity contribution in [2.24, 2.45) is 5.92 Å². The molecular weight excluding hydrogens is 228 g/mol. The van der Waals surface area contributed by atoms with E-state index in [2.05, 4.69) is 24.1 Å². The number of rotatable bonds is 11. The first-order valence-corrected chi connectivity index (χ1v) is 7.18. The minimum absolute atomic E-state index is 0.445. The van der Waals surface area contributed by atoms with Crippen LogP contribution in [-0.4, -0.2) is 64.1 Å². The van der Waals surface area contributed by atoms with Gasteiger partial charge in [-0.15, -0.1) is 0 Å². The molecule has 1 N–H and O–H groups in total. The highest BCUT2D eigenvalue weighted by Gasteiger charge is 2.34. The molecule has 1 rings (SSSR count). The van der Waals surface area contributed by atoms with E-state index in [1.165, 1.54) is 12.8 Å². The fourth-order valence-electron chi connectivity index (χ4n) is 2.54. The average Bonchev–Trinajstić information content (AvgIpc) is 3.20. The van der Waals surface area contributed by atoms with Crippen LogP contribution in [0.2, 0.25) is 0 Å². The molecule has 1 aliphatic carbocycles. The maximum atomic E-state index is 5.39. The second-order valence-corrected chi connectivity index (χ2v) is 5.23. The van der Waals surface area contributed by atoms with E-state index in [0.717, 1.165) is 38.8 Å². The Balaban J connectivity index is 2.55.